The highest BCUT2D eigenvalue weighted by Crippen LogP contribution is 2.34. The summed E-state index contributed by atoms with van der Waals surface area (Å²) in [5, 5.41) is 0. The fourth-order valence-corrected chi connectivity index (χ4v) is 1.79. The Kier molecular flexibility index (Phi) is 4.40. The molecule has 0 aromatic heterocycles. The number of benzene rings is 1. The lowest BCUT2D eigenvalue weighted by molar-refractivity contribution is 0.103. The van der Waals surface area contributed by atoms with E-state index in [0.29, 0.717) is 11.1 Å². The topological polar surface area (TPSA) is 74.6 Å². The standard InChI is InChI=1S/C12H15O4P/c1-9-3-5-11(6-4-9)12(13)10(2)7-8-17(14,15)16/h3-7H,8H2,1-2H3,(H2,14,15,16). The van der Waals surface area contributed by atoms with E-state index >= 15 is 0 Å². The Hall–Kier alpha value is -1.22. The van der Waals surface area contributed by atoms with Crippen molar-refractivity contribution in [1.29, 1.82) is 0 Å². The Morgan fingerprint density at radius 1 is 1.29 bits per heavy atom. The van der Waals surface area contributed by atoms with Crippen LogP contribution in [0.25, 0.3) is 0 Å². The minimum absolute atomic E-state index is 0.210. The highest BCUT2D eigenvalue weighted by Gasteiger charge is 2.13. The van der Waals surface area contributed by atoms with Crippen LogP contribution in [0.1, 0.15) is 22.8 Å². The van der Waals surface area contributed by atoms with Crippen LogP contribution in [0, 0.1) is 6.92 Å². The van der Waals surface area contributed by atoms with Gasteiger partial charge in [0.25, 0.3) is 0 Å². The Morgan fingerprint density at radius 3 is 2.29 bits per heavy atom. The maximum Gasteiger partial charge on any atom is 0.329 e. The van der Waals surface area contributed by atoms with Crippen molar-refractivity contribution in [3.05, 3.63) is 47.0 Å². The van der Waals surface area contributed by atoms with E-state index in [1.54, 1.807) is 19.1 Å². The first-order chi connectivity index (χ1) is 7.79. The normalized spacial score (nSPS) is 12.6. The molecule has 1 aromatic carbocycles. The van der Waals surface area contributed by atoms with Crippen LogP contribution in [0.2, 0.25) is 0 Å². The van der Waals surface area contributed by atoms with E-state index in [1.807, 2.05) is 19.1 Å². The molecule has 0 radical (unpaired) electrons. The fourth-order valence-electron chi connectivity index (χ4n) is 1.28. The van der Waals surface area contributed by atoms with Crippen LogP contribution in [0.4, 0.5) is 0 Å². The summed E-state index contributed by atoms with van der Waals surface area (Å²) < 4.78 is 10.7. The Labute approximate surface area is 100 Å². The third-order valence-corrected chi connectivity index (χ3v) is 2.97. The van der Waals surface area contributed by atoms with Crippen molar-refractivity contribution in [3.8, 4) is 0 Å². The molecule has 1 rings (SSSR count). The monoisotopic (exact) mass is 254 g/mol. The molecule has 0 fully saturated rings. The van der Waals surface area contributed by atoms with Gasteiger partial charge in [0.2, 0.25) is 0 Å². The van der Waals surface area contributed by atoms with E-state index < -0.39 is 13.8 Å². The molecule has 4 nitrogen and oxygen atoms in total. The highest BCUT2D eigenvalue weighted by molar-refractivity contribution is 7.51. The molecule has 0 saturated carbocycles. The number of carbonyl (C=O) groups excluding carboxylic acids is 1. The van der Waals surface area contributed by atoms with Gasteiger partial charge in [0.05, 0.1) is 6.16 Å². The number of aryl methyl sites for hydroxylation is 1. The molecule has 2 N–H and O–H groups in total. The number of carbonyl (C=O) groups is 1. The Morgan fingerprint density at radius 2 is 1.82 bits per heavy atom. The molecule has 0 amide bonds. The Bertz CT molecular complexity index is 482. The molecule has 0 saturated heterocycles. The van der Waals surface area contributed by atoms with E-state index in [0.717, 1.165) is 5.56 Å². The molecule has 0 bridgehead atoms. The van der Waals surface area contributed by atoms with Crippen molar-refractivity contribution in [2.24, 2.45) is 0 Å². The van der Waals surface area contributed by atoms with Gasteiger partial charge in [-0.05, 0) is 19.4 Å². The SMILES string of the molecule is CC(=CCP(=O)(O)O)C(=O)c1ccc(C)cc1. The van der Waals surface area contributed by atoms with Gasteiger partial charge in [-0.15, -0.1) is 0 Å². The van der Waals surface area contributed by atoms with Gasteiger partial charge in [-0.25, -0.2) is 0 Å². The van der Waals surface area contributed by atoms with E-state index in [1.165, 1.54) is 6.08 Å². The molecule has 0 heterocycles. The van der Waals surface area contributed by atoms with E-state index in [2.05, 4.69) is 0 Å². The lowest BCUT2D eigenvalue weighted by Crippen LogP contribution is -2.01. The van der Waals surface area contributed by atoms with Crippen molar-refractivity contribution in [2.45, 2.75) is 13.8 Å². The summed E-state index contributed by atoms with van der Waals surface area (Å²) in [5.74, 6) is -0.210. The second kappa shape index (κ2) is 5.41. The first kappa shape index (κ1) is 13.8. The quantitative estimate of drug-likeness (QED) is 0.491. The lowest BCUT2D eigenvalue weighted by Gasteiger charge is -2.03. The third kappa shape index (κ3) is 4.65. The summed E-state index contributed by atoms with van der Waals surface area (Å²) in [4.78, 5) is 29.3. The average molecular weight is 254 g/mol. The minimum atomic E-state index is -4.09. The number of hydrogen-bond acceptors (Lipinski definition) is 2. The van der Waals surface area contributed by atoms with Crippen LogP contribution in [0.15, 0.2) is 35.9 Å². The fraction of sp³-hybridized carbons (Fsp3) is 0.250. The molecule has 0 aliphatic carbocycles. The predicted molar refractivity (Wildman–Crippen MR) is 66.2 cm³/mol. The first-order valence-electron chi connectivity index (χ1n) is 5.12. The van der Waals surface area contributed by atoms with Gasteiger partial charge >= 0.3 is 7.60 Å². The molecule has 0 spiro atoms. The van der Waals surface area contributed by atoms with E-state index in [9.17, 15) is 9.36 Å². The zero-order valence-electron chi connectivity index (χ0n) is 9.75. The third-order valence-electron chi connectivity index (χ3n) is 2.31. The summed E-state index contributed by atoms with van der Waals surface area (Å²) in [6.07, 6.45) is 0.874. The second-order valence-corrected chi connectivity index (χ2v) is 5.62. The minimum Gasteiger partial charge on any atom is -0.324 e. The van der Waals surface area contributed by atoms with Gasteiger partial charge in [0.1, 0.15) is 0 Å². The Balaban J connectivity index is 2.83. The molecule has 5 heteroatoms. The zero-order valence-corrected chi connectivity index (χ0v) is 10.6. The summed E-state index contributed by atoms with van der Waals surface area (Å²) in [6, 6.07) is 7.05. The van der Waals surface area contributed by atoms with Crippen LogP contribution in [0.3, 0.4) is 0 Å². The number of Topliss-reactive ketones (excluding diaryl/α,β-unsaturated/α-hetero) is 1. The average Bonchev–Trinajstić information content (AvgIpc) is 2.25. The molecule has 0 aliphatic rings. The van der Waals surface area contributed by atoms with Crippen molar-refractivity contribution >= 4 is 13.4 Å². The number of hydrogen-bond donors (Lipinski definition) is 2. The molecule has 17 heavy (non-hydrogen) atoms. The predicted octanol–water partition coefficient (Wildman–Crippen LogP) is 2.30. The first-order valence-corrected chi connectivity index (χ1v) is 6.92. The van der Waals surface area contributed by atoms with Crippen molar-refractivity contribution in [1.82, 2.24) is 0 Å². The molecular weight excluding hydrogens is 239 g/mol. The van der Waals surface area contributed by atoms with Gasteiger partial charge in [-0.2, -0.15) is 0 Å². The summed E-state index contributed by atoms with van der Waals surface area (Å²) in [5.41, 5.74) is 1.92. The number of rotatable bonds is 4. The van der Waals surface area contributed by atoms with Gasteiger partial charge in [0, 0.05) is 5.56 Å². The largest absolute Gasteiger partial charge is 0.329 e. The number of ketones is 1. The number of allylic oxidation sites excluding steroid dienone is 2. The summed E-state index contributed by atoms with van der Waals surface area (Å²) >= 11 is 0. The maximum absolute atomic E-state index is 11.9. The van der Waals surface area contributed by atoms with Crippen LogP contribution in [0.5, 0.6) is 0 Å². The van der Waals surface area contributed by atoms with Crippen molar-refractivity contribution in [3.63, 3.8) is 0 Å². The lowest BCUT2D eigenvalue weighted by atomic mass is 10.0. The van der Waals surface area contributed by atoms with E-state index in [-0.39, 0.29) is 5.78 Å². The zero-order chi connectivity index (χ0) is 13.1. The molecule has 92 valence electrons. The smallest absolute Gasteiger partial charge is 0.324 e. The molecular formula is C12H15O4P. The molecule has 0 unspecified atom stereocenters. The van der Waals surface area contributed by atoms with Gasteiger partial charge in [-0.3, -0.25) is 9.36 Å². The van der Waals surface area contributed by atoms with E-state index in [4.69, 9.17) is 9.79 Å². The summed E-state index contributed by atoms with van der Waals surface area (Å²) in [7, 11) is -4.09. The van der Waals surface area contributed by atoms with Crippen LogP contribution < -0.4 is 0 Å². The van der Waals surface area contributed by atoms with Crippen molar-refractivity contribution in [2.75, 3.05) is 6.16 Å². The van der Waals surface area contributed by atoms with Gasteiger partial charge in [0.15, 0.2) is 5.78 Å². The molecule has 0 aliphatic heterocycles. The van der Waals surface area contributed by atoms with Gasteiger partial charge in [-0.1, -0.05) is 35.9 Å². The maximum atomic E-state index is 11.9. The van der Waals surface area contributed by atoms with Crippen LogP contribution >= 0.6 is 7.60 Å². The molecule has 0 atom stereocenters. The summed E-state index contributed by atoms with van der Waals surface area (Å²) in [6.45, 7) is 3.47. The van der Waals surface area contributed by atoms with Crippen LogP contribution in [-0.4, -0.2) is 21.7 Å². The highest BCUT2D eigenvalue weighted by atomic mass is 31.2. The van der Waals surface area contributed by atoms with Gasteiger partial charge < -0.3 is 9.79 Å². The molecule has 1 aromatic rings. The second-order valence-electron chi connectivity index (χ2n) is 3.93. The van der Waals surface area contributed by atoms with Crippen LogP contribution in [-0.2, 0) is 4.57 Å². The van der Waals surface area contributed by atoms with Crippen molar-refractivity contribution < 1.29 is 19.1 Å².